The minimum Gasteiger partial charge on any atom is -0.394 e. The van der Waals surface area contributed by atoms with Gasteiger partial charge in [0.15, 0.2) is 11.4 Å². The fraction of sp³-hybridized carbons (Fsp3) is 0.870. The van der Waals surface area contributed by atoms with Crippen molar-refractivity contribution in [2.24, 2.45) is 23.7 Å². The van der Waals surface area contributed by atoms with Crippen LogP contribution in [0, 0.1) is 23.7 Å². The fourth-order valence-corrected chi connectivity index (χ4v) is 5.29. The van der Waals surface area contributed by atoms with E-state index in [2.05, 4.69) is 10.6 Å². The Kier molecular flexibility index (Phi) is 8.10. The Balaban J connectivity index is 1.57. The summed E-state index contributed by atoms with van der Waals surface area (Å²) in [7, 11) is 0. The lowest BCUT2D eigenvalue weighted by molar-refractivity contribution is -0.136. The highest BCUT2D eigenvalue weighted by Crippen LogP contribution is 2.42. The number of ether oxygens (including phenoxy) is 1. The summed E-state index contributed by atoms with van der Waals surface area (Å²) in [5.41, 5.74) is -1.23. The second-order valence-electron chi connectivity index (χ2n) is 10.1. The molecule has 0 aromatic heterocycles. The molecular weight excluding hydrogens is 400 g/mol. The maximum Gasteiger partial charge on any atom is 0.245 e. The minimum atomic E-state index is -1.23. The second-order valence-corrected chi connectivity index (χ2v) is 10.1. The lowest BCUT2D eigenvalue weighted by atomic mass is 9.67. The summed E-state index contributed by atoms with van der Waals surface area (Å²) in [5, 5.41) is 24.6. The van der Waals surface area contributed by atoms with Crippen LogP contribution in [0.5, 0.6) is 0 Å². The average molecular weight is 439 g/mol. The molecule has 2 saturated carbocycles. The molecule has 0 radical (unpaired) electrons. The normalized spacial score (nSPS) is 32.0. The molecule has 4 N–H and O–H groups in total. The molecule has 2 amide bonds. The van der Waals surface area contributed by atoms with E-state index in [0.29, 0.717) is 12.3 Å². The molecular formula is C23H38N2O6. The Labute approximate surface area is 184 Å². The van der Waals surface area contributed by atoms with Crippen LogP contribution in [0.25, 0.3) is 0 Å². The quantitative estimate of drug-likeness (QED) is 0.376. The zero-order chi connectivity index (χ0) is 22.6. The Morgan fingerprint density at radius 1 is 1.00 bits per heavy atom. The van der Waals surface area contributed by atoms with Crippen LogP contribution in [0.2, 0.25) is 0 Å². The number of fused-ring (bicyclic) bond motifs is 1. The molecule has 0 spiro atoms. The first-order valence-electron chi connectivity index (χ1n) is 11.8. The van der Waals surface area contributed by atoms with E-state index in [4.69, 9.17) is 4.74 Å². The molecule has 1 saturated heterocycles. The zero-order valence-corrected chi connectivity index (χ0v) is 18.8. The van der Waals surface area contributed by atoms with E-state index in [1.165, 1.54) is 25.7 Å². The van der Waals surface area contributed by atoms with E-state index in [9.17, 15) is 24.6 Å². The van der Waals surface area contributed by atoms with E-state index >= 15 is 0 Å². The molecule has 3 aliphatic rings. The van der Waals surface area contributed by atoms with Crippen LogP contribution in [-0.4, -0.2) is 65.3 Å². The zero-order valence-electron chi connectivity index (χ0n) is 18.8. The maximum atomic E-state index is 12.8. The number of nitrogens with one attached hydrogen (secondary N) is 2. The highest BCUT2D eigenvalue weighted by molar-refractivity contribution is 5.98. The molecule has 176 valence electrons. The SMILES string of the molecule is CC(C)CC(NC(=O)[C@H](CO)NC(=O)C1CCC2CCCCC2C1)C(=O)[C@@]1(CO)CO1. The van der Waals surface area contributed by atoms with Crippen LogP contribution in [0.15, 0.2) is 0 Å². The molecule has 0 aromatic carbocycles. The van der Waals surface area contributed by atoms with Crippen molar-refractivity contribution in [3.05, 3.63) is 0 Å². The van der Waals surface area contributed by atoms with Crippen molar-refractivity contribution >= 4 is 17.6 Å². The molecule has 1 aliphatic heterocycles. The first-order chi connectivity index (χ1) is 14.8. The van der Waals surface area contributed by atoms with Gasteiger partial charge in [-0.15, -0.1) is 0 Å². The first kappa shape index (κ1) is 24.1. The Bertz CT molecular complexity index is 662. The monoisotopic (exact) mass is 438 g/mol. The van der Waals surface area contributed by atoms with Crippen LogP contribution in [0.3, 0.4) is 0 Å². The number of hydrogen-bond acceptors (Lipinski definition) is 6. The predicted octanol–water partition coefficient (Wildman–Crippen LogP) is 0.931. The van der Waals surface area contributed by atoms with E-state index in [1.54, 1.807) is 0 Å². The van der Waals surface area contributed by atoms with Crippen LogP contribution in [0.4, 0.5) is 0 Å². The number of amides is 2. The van der Waals surface area contributed by atoms with E-state index in [0.717, 1.165) is 25.2 Å². The summed E-state index contributed by atoms with van der Waals surface area (Å²) < 4.78 is 5.16. The summed E-state index contributed by atoms with van der Waals surface area (Å²) in [6.07, 6.45) is 8.03. The number of carbonyl (C=O) groups excluding carboxylic acids is 3. The molecule has 3 fully saturated rings. The number of epoxide rings is 1. The number of ketones is 1. The Morgan fingerprint density at radius 3 is 2.26 bits per heavy atom. The van der Waals surface area contributed by atoms with Crippen LogP contribution < -0.4 is 10.6 Å². The lowest BCUT2D eigenvalue weighted by Crippen LogP contribution is -2.56. The van der Waals surface area contributed by atoms with Gasteiger partial charge in [0.2, 0.25) is 11.8 Å². The maximum absolute atomic E-state index is 12.8. The third-order valence-corrected chi connectivity index (χ3v) is 7.26. The summed E-state index contributed by atoms with van der Waals surface area (Å²) in [4.78, 5) is 38.4. The number of Topliss-reactive ketones (excluding diaryl/α,β-unsaturated/α-hetero) is 1. The first-order valence-corrected chi connectivity index (χ1v) is 11.8. The van der Waals surface area contributed by atoms with Gasteiger partial charge in [-0.05, 0) is 43.4 Å². The van der Waals surface area contributed by atoms with Crippen molar-refractivity contribution in [3.63, 3.8) is 0 Å². The van der Waals surface area contributed by atoms with Gasteiger partial charge in [-0.3, -0.25) is 14.4 Å². The topological polar surface area (TPSA) is 128 Å². The van der Waals surface area contributed by atoms with E-state index in [-0.39, 0.29) is 30.1 Å². The van der Waals surface area contributed by atoms with Crippen molar-refractivity contribution < 1.29 is 29.3 Å². The molecule has 1 heterocycles. The predicted molar refractivity (Wildman–Crippen MR) is 114 cm³/mol. The number of rotatable bonds is 10. The van der Waals surface area contributed by atoms with Crippen molar-refractivity contribution in [1.82, 2.24) is 10.6 Å². The second kappa shape index (κ2) is 10.4. The van der Waals surface area contributed by atoms with Gasteiger partial charge in [-0.1, -0.05) is 39.5 Å². The summed E-state index contributed by atoms with van der Waals surface area (Å²) in [6.45, 7) is 3.02. The van der Waals surface area contributed by atoms with Gasteiger partial charge in [-0.2, -0.15) is 0 Å². The van der Waals surface area contributed by atoms with Gasteiger partial charge in [-0.25, -0.2) is 0 Å². The molecule has 2 aliphatic carbocycles. The van der Waals surface area contributed by atoms with Crippen molar-refractivity contribution in [1.29, 1.82) is 0 Å². The summed E-state index contributed by atoms with van der Waals surface area (Å²) in [6, 6.07) is -1.95. The van der Waals surface area contributed by atoms with Gasteiger partial charge >= 0.3 is 0 Å². The Morgan fingerprint density at radius 2 is 1.68 bits per heavy atom. The molecule has 3 rings (SSSR count). The molecule has 6 atom stereocenters. The average Bonchev–Trinajstić information content (AvgIpc) is 3.56. The standard InChI is InChI=1S/C23H38N2O6/c1-14(2)9-18(20(28)23(12-27)13-31-23)24-22(30)19(11-26)25-21(29)17-8-7-15-5-3-4-6-16(15)10-17/h14-19,26-27H,3-13H2,1-2H3,(H,24,30)(H,25,29)/t15?,16?,17?,18?,19-,23+/m0/s1. The van der Waals surface area contributed by atoms with Crippen molar-refractivity contribution in [2.75, 3.05) is 19.8 Å². The fourth-order valence-electron chi connectivity index (χ4n) is 5.29. The van der Waals surface area contributed by atoms with Crippen LogP contribution in [0.1, 0.15) is 65.2 Å². The lowest BCUT2D eigenvalue weighted by Gasteiger charge is -2.39. The smallest absolute Gasteiger partial charge is 0.245 e. The van der Waals surface area contributed by atoms with Crippen molar-refractivity contribution in [3.8, 4) is 0 Å². The van der Waals surface area contributed by atoms with Gasteiger partial charge in [0, 0.05) is 5.92 Å². The van der Waals surface area contributed by atoms with Crippen LogP contribution in [-0.2, 0) is 19.1 Å². The highest BCUT2D eigenvalue weighted by Gasteiger charge is 2.54. The van der Waals surface area contributed by atoms with Gasteiger partial charge in [0.25, 0.3) is 0 Å². The summed E-state index contributed by atoms with van der Waals surface area (Å²) >= 11 is 0. The molecule has 31 heavy (non-hydrogen) atoms. The number of aliphatic hydroxyl groups is 2. The Hall–Kier alpha value is -1.51. The largest absolute Gasteiger partial charge is 0.394 e. The molecule has 8 nitrogen and oxygen atoms in total. The van der Waals surface area contributed by atoms with Gasteiger partial charge in [0.1, 0.15) is 6.04 Å². The molecule has 0 bridgehead atoms. The van der Waals surface area contributed by atoms with Crippen molar-refractivity contribution in [2.45, 2.75) is 82.9 Å². The molecule has 0 aromatic rings. The number of aliphatic hydroxyl groups excluding tert-OH is 2. The summed E-state index contributed by atoms with van der Waals surface area (Å²) in [5.74, 6) is 0.151. The van der Waals surface area contributed by atoms with E-state index in [1.807, 2.05) is 13.8 Å². The van der Waals surface area contributed by atoms with Crippen LogP contribution >= 0.6 is 0 Å². The van der Waals surface area contributed by atoms with Gasteiger partial charge in [0.05, 0.1) is 25.9 Å². The molecule has 4 unspecified atom stereocenters. The minimum absolute atomic E-state index is 0.122. The van der Waals surface area contributed by atoms with Gasteiger partial charge < -0.3 is 25.6 Å². The number of carbonyl (C=O) groups is 3. The highest BCUT2D eigenvalue weighted by atomic mass is 16.6. The third kappa shape index (κ3) is 5.84. The third-order valence-electron chi connectivity index (χ3n) is 7.26. The van der Waals surface area contributed by atoms with E-state index < -0.39 is 36.8 Å². The number of hydrogen-bond donors (Lipinski definition) is 4. The molecule has 8 heteroatoms.